The minimum absolute atomic E-state index is 0.663. The maximum atomic E-state index is 9.46. The lowest BCUT2D eigenvalue weighted by molar-refractivity contribution is 1.50. The SMILES string of the molecule is [C-]#[N+]c1ccc2cc3cc(-c4ccc5c6ccccc6c6c7cc(-c8ccc9cc%10cc(C#N)ccc%10cc9c8)ccc7c7ccccc7c6c5c4)ccc3cc2c1. The third-order valence-electron chi connectivity index (χ3n) is 12.3. The molecule has 12 rings (SSSR count). The van der Waals surface area contributed by atoms with Crippen LogP contribution in [0.15, 0.2) is 182 Å². The van der Waals surface area contributed by atoms with Crippen molar-refractivity contribution in [1.82, 2.24) is 0 Å². The fraction of sp³-hybridized carbons (Fsp3) is 0. The molecule has 0 aliphatic rings. The molecule has 0 atom stereocenters. The summed E-state index contributed by atoms with van der Waals surface area (Å²) in [5, 5.41) is 31.1. The van der Waals surface area contributed by atoms with Gasteiger partial charge in [-0.1, -0.05) is 115 Å². The van der Waals surface area contributed by atoms with Gasteiger partial charge >= 0.3 is 0 Å². The highest BCUT2D eigenvalue weighted by atomic mass is 14.6. The first-order chi connectivity index (χ1) is 28.6. The minimum Gasteiger partial charge on any atom is -0.238 e. The van der Waals surface area contributed by atoms with E-state index in [1.807, 2.05) is 30.3 Å². The predicted octanol–water partition coefficient (Wildman–Crippen LogP) is 15.8. The first kappa shape index (κ1) is 32.2. The Morgan fingerprint density at radius 3 is 1.22 bits per heavy atom. The van der Waals surface area contributed by atoms with E-state index in [2.05, 4.69) is 163 Å². The van der Waals surface area contributed by atoms with E-state index in [0.29, 0.717) is 11.3 Å². The summed E-state index contributed by atoms with van der Waals surface area (Å²) in [5.41, 5.74) is 6.05. The Balaban J connectivity index is 1.11. The molecule has 264 valence electrons. The molecular formula is C56H30N2. The van der Waals surface area contributed by atoms with Crippen molar-refractivity contribution in [2.75, 3.05) is 0 Å². The second-order valence-corrected chi connectivity index (χ2v) is 15.5. The molecule has 0 fully saturated rings. The third-order valence-corrected chi connectivity index (χ3v) is 12.3. The molecule has 0 amide bonds. The van der Waals surface area contributed by atoms with Crippen LogP contribution in [0.1, 0.15) is 5.56 Å². The normalized spacial score (nSPS) is 11.8. The molecular weight excluding hydrogens is 701 g/mol. The summed E-state index contributed by atoms with van der Waals surface area (Å²) in [6.07, 6.45) is 0. The maximum Gasteiger partial charge on any atom is 0.187 e. The summed E-state index contributed by atoms with van der Waals surface area (Å²) in [7, 11) is 0. The van der Waals surface area contributed by atoms with Gasteiger partial charge < -0.3 is 0 Å². The Morgan fingerprint density at radius 1 is 0.328 bits per heavy atom. The van der Waals surface area contributed by atoms with Gasteiger partial charge in [0, 0.05) is 0 Å². The van der Waals surface area contributed by atoms with Gasteiger partial charge in [0.05, 0.1) is 18.2 Å². The molecule has 0 spiro atoms. The van der Waals surface area contributed by atoms with E-state index in [4.69, 9.17) is 6.57 Å². The van der Waals surface area contributed by atoms with Gasteiger partial charge in [-0.3, -0.25) is 0 Å². The van der Waals surface area contributed by atoms with Crippen molar-refractivity contribution in [3.63, 3.8) is 0 Å². The molecule has 58 heavy (non-hydrogen) atoms. The Hall–Kier alpha value is -8.04. The van der Waals surface area contributed by atoms with Crippen LogP contribution in [0.3, 0.4) is 0 Å². The van der Waals surface area contributed by atoms with Crippen molar-refractivity contribution in [3.8, 4) is 28.3 Å². The van der Waals surface area contributed by atoms with E-state index in [-0.39, 0.29) is 0 Å². The molecule has 0 radical (unpaired) electrons. The second kappa shape index (κ2) is 12.2. The van der Waals surface area contributed by atoms with Gasteiger partial charge in [0.15, 0.2) is 5.69 Å². The number of nitrogens with zero attached hydrogens (tertiary/aromatic N) is 2. The van der Waals surface area contributed by atoms with E-state index in [9.17, 15) is 5.26 Å². The predicted molar refractivity (Wildman–Crippen MR) is 246 cm³/mol. The minimum atomic E-state index is 0.663. The van der Waals surface area contributed by atoms with E-state index >= 15 is 0 Å². The molecule has 0 N–H and O–H groups in total. The average molecular weight is 731 g/mol. The molecule has 2 heteroatoms. The Kier molecular flexibility index (Phi) is 6.80. The topological polar surface area (TPSA) is 28.1 Å². The zero-order valence-corrected chi connectivity index (χ0v) is 31.2. The quantitative estimate of drug-likeness (QED) is 0.0989. The fourth-order valence-corrected chi connectivity index (χ4v) is 9.51. The lowest BCUT2D eigenvalue weighted by Gasteiger charge is -2.18. The van der Waals surface area contributed by atoms with Gasteiger partial charge in [0.25, 0.3) is 0 Å². The first-order valence-electron chi connectivity index (χ1n) is 19.6. The Morgan fingerprint density at radius 2 is 0.724 bits per heavy atom. The molecule has 0 saturated heterocycles. The Bertz CT molecular complexity index is 3620. The summed E-state index contributed by atoms with van der Waals surface area (Å²) < 4.78 is 0. The number of nitriles is 1. The number of fused-ring (bicyclic) bond motifs is 15. The van der Waals surface area contributed by atoms with Crippen LogP contribution in [0.5, 0.6) is 0 Å². The van der Waals surface area contributed by atoms with Crippen LogP contribution in [-0.4, -0.2) is 0 Å². The van der Waals surface area contributed by atoms with E-state index in [0.717, 1.165) is 32.3 Å². The molecule has 12 aromatic rings. The van der Waals surface area contributed by atoms with Crippen LogP contribution in [0, 0.1) is 17.9 Å². The highest BCUT2D eigenvalue weighted by molar-refractivity contribution is 6.39. The summed E-state index contributed by atoms with van der Waals surface area (Å²) in [4.78, 5) is 3.64. The van der Waals surface area contributed by atoms with Gasteiger partial charge in [-0.25, -0.2) is 4.85 Å². The summed E-state index contributed by atoms with van der Waals surface area (Å²) in [5.74, 6) is 0. The summed E-state index contributed by atoms with van der Waals surface area (Å²) >= 11 is 0. The smallest absolute Gasteiger partial charge is 0.187 e. The lowest BCUT2D eigenvalue weighted by Crippen LogP contribution is -1.90. The Labute approximate surface area is 333 Å². The van der Waals surface area contributed by atoms with E-state index < -0.39 is 0 Å². The lowest BCUT2D eigenvalue weighted by atomic mass is 9.85. The van der Waals surface area contributed by atoms with Gasteiger partial charge in [0.2, 0.25) is 0 Å². The van der Waals surface area contributed by atoms with Crippen LogP contribution in [0.2, 0.25) is 0 Å². The van der Waals surface area contributed by atoms with E-state index in [1.165, 1.54) is 86.9 Å². The molecule has 0 aliphatic heterocycles. The molecule has 0 bridgehead atoms. The largest absolute Gasteiger partial charge is 0.238 e. The van der Waals surface area contributed by atoms with Gasteiger partial charge in [0.1, 0.15) is 0 Å². The van der Waals surface area contributed by atoms with Crippen LogP contribution in [0.25, 0.3) is 124 Å². The van der Waals surface area contributed by atoms with Crippen molar-refractivity contribution in [2.24, 2.45) is 0 Å². The number of hydrogen-bond acceptors (Lipinski definition) is 1. The van der Waals surface area contributed by atoms with Crippen LogP contribution in [-0.2, 0) is 0 Å². The van der Waals surface area contributed by atoms with Crippen LogP contribution in [0.4, 0.5) is 5.69 Å². The summed E-state index contributed by atoms with van der Waals surface area (Å²) in [6, 6.07) is 68.2. The van der Waals surface area contributed by atoms with Crippen LogP contribution >= 0.6 is 0 Å². The van der Waals surface area contributed by atoms with Gasteiger partial charge in [-0.05, 0) is 186 Å². The molecule has 0 aliphatic carbocycles. The zero-order chi connectivity index (χ0) is 38.5. The van der Waals surface area contributed by atoms with Crippen molar-refractivity contribution in [2.45, 2.75) is 0 Å². The molecule has 0 heterocycles. The monoisotopic (exact) mass is 730 g/mol. The third kappa shape index (κ3) is 4.83. The molecule has 12 aromatic carbocycles. The fourth-order valence-electron chi connectivity index (χ4n) is 9.51. The number of rotatable bonds is 2. The maximum absolute atomic E-state index is 9.46. The number of benzene rings is 12. The molecule has 0 unspecified atom stereocenters. The highest BCUT2D eigenvalue weighted by Crippen LogP contribution is 2.46. The molecule has 2 nitrogen and oxygen atoms in total. The van der Waals surface area contributed by atoms with Crippen LogP contribution < -0.4 is 0 Å². The van der Waals surface area contributed by atoms with Crippen molar-refractivity contribution >= 4 is 103 Å². The zero-order valence-electron chi connectivity index (χ0n) is 31.2. The molecule has 0 saturated carbocycles. The standard InChI is InChI=1S/C56H30N2/c1-58-46-19-16-39-27-44-24-35(13-15-38(44)28-45(39)29-46)41-18-21-50-48-7-3-4-8-51(48)55-53-30-40(17-20-49(53)47-6-2-5-9-52(47)56(55)54(50)31-41)34-12-14-37-25-42-22-33(32-57)10-11-36(42)26-43(37)23-34/h2-31H. The average Bonchev–Trinajstić information content (AvgIpc) is 3.28. The van der Waals surface area contributed by atoms with Crippen molar-refractivity contribution in [1.29, 1.82) is 5.26 Å². The first-order valence-corrected chi connectivity index (χ1v) is 19.6. The summed E-state index contributed by atoms with van der Waals surface area (Å²) in [6.45, 7) is 7.46. The van der Waals surface area contributed by atoms with Gasteiger partial charge in [-0.15, -0.1) is 0 Å². The second-order valence-electron chi connectivity index (χ2n) is 15.5. The van der Waals surface area contributed by atoms with Crippen molar-refractivity contribution < 1.29 is 0 Å². The van der Waals surface area contributed by atoms with Gasteiger partial charge in [-0.2, -0.15) is 5.26 Å². The highest BCUT2D eigenvalue weighted by Gasteiger charge is 2.18. The molecule has 0 aromatic heterocycles. The number of hydrogen-bond donors (Lipinski definition) is 0. The van der Waals surface area contributed by atoms with Crippen molar-refractivity contribution in [3.05, 3.63) is 199 Å². The van der Waals surface area contributed by atoms with E-state index in [1.54, 1.807) is 0 Å².